The molecular formula is C38H35N3O2S. The van der Waals surface area contributed by atoms with Crippen molar-refractivity contribution in [1.82, 2.24) is 0 Å². The molecule has 6 heteroatoms. The summed E-state index contributed by atoms with van der Waals surface area (Å²) in [4.78, 5) is 30.9. The number of anilines is 3. The summed E-state index contributed by atoms with van der Waals surface area (Å²) in [7, 11) is 0. The van der Waals surface area contributed by atoms with Gasteiger partial charge >= 0.3 is 0 Å². The smallest absolute Gasteiger partial charge is 0.170 e. The molecule has 0 aliphatic heterocycles. The number of nitriles is 2. The quantitative estimate of drug-likeness (QED) is 0.109. The molecule has 1 heterocycles. The van der Waals surface area contributed by atoms with Gasteiger partial charge in [-0.05, 0) is 98.3 Å². The summed E-state index contributed by atoms with van der Waals surface area (Å²) in [5.74, 6) is 0.254. The van der Waals surface area contributed by atoms with Gasteiger partial charge in [0.2, 0.25) is 0 Å². The highest BCUT2D eigenvalue weighted by Crippen LogP contribution is 2.37. The third-order valence-corrected chi connectivity index (χ3v) is 9.50. The van der Waals surface area contributed by atoms with Crippen LogP contribution in [0.25, 0.3) is 6.08 Å². The van der Waals surface area contributed by atoms with Gasteiger partial charge in [0.15, 0.2) is 5.78 Å². The number of benzene rings is 3. The Balaban J connectivity index is 1.20. The van der Waals surface area contributed by atoms with Crippen LogP contribution in [0.1, 0.15) is 77.4 Å². The Bertz CT molecular complexity index is 1620. The van der Waals surface area contributed by atoms with Crippen molar-refractivity contribution >= 4 is 46.0 Å². The third-order valence-electron chi connectivity index (χ3n) is 8.30. The van der Waals surface area contributed by atoms with Gasteiger partial charge in [0.05, 0.1) is 6.42 Å². The molecule has 1 saturated carbocycles. The Morgan fingerprint density at radius 2 is 1.30 bits per heavy atom. The van der Waals surface area contributed by atoms with Crippen LogP contribution in [0.4, 0.5) is 17.1 Å². The molecule has 0 saturated heterocycles. The zero-order valence-electron chi connectivity index (χ0n) is 24.7. The second-order valence-corrected chi connectivity index (χ2v) is 12.4. The average Bonchev–Trinajstić information content (AvgIpc) is 3.57. The molecule has 3 aromatic carbocycles. The van der Waals surface area contributed by atoms with Crippen LogP contribution in [-0.4, -0.2) is 11.6 Å². The molecule has 220 valence electrons. The molecule has 0 amide bonds. The van der Waals surface area contributed by atoms with Crippen molar-refractivity contribution < 1.29 is 9.59 Å². The lowest BCUT2D eigenvalue weighted by molar-refractivity contribution is -0.122. The zero-order chi connectivity index (χ0) is 30.7. The topological polar surface area (TPSA) is 85.0 Å². The third kappa shape index (κ3) is 7.78. The number of carbonyl (C=O) groups is 2. The van der Waals surface area contributed by atoms with E-state index in [1.165, 1.54) is 4.88 Å². The summed E-state index contributed by atoms with van der Waals surface area (Å²) in [6.45, 7) is 0. The van der Waals surface area contributed by atoms with Gasteiger partial charge in [0.1, 0.15) is 23.5 Å². The molecule has 2 unspecified atom stereocenters. The number of hydrogen-bond donors (Lipinski definition) is 0. The molecule has 44 heavy (non-hydrogen) atoms. The van der Waals surface area contributed by atoms with Crippen LogP contribution < -0.4 is 4.90 Å². The minimum atomic E-state index is -0.126. The fraction of sp³-hybridized carbons (Fsp3) is 0.263. The summed E-state index contributed by atoms with van der Waals surface area (Å²) < 4.78 is 0. The van der Waals surface area contributed by atoms with Crippen molar-refractivity contribution in [2.24, 2.45) is 5.92 Å². The van der Waals surface area contributed by atoms with Crippen molar-refractivity contribution in [1.29, 1.82) is 10.5 Å². The van der Waals surface area contributed by atoms with Crippen LogP contribution in [0.15, 0.2) is 103 Å². The molecular weight excluding hydrogens is 563 g/mol. The van der Waals surface area contributed by atoms with Gasteiger partial charge in [-0.25, -0.2) is 0 Å². The fourth-order valence-electron chi connectivity index (χ4n) is 5.99. The number of Topliss-reactive ketones (excluding diaryl/α,β-unsaturated/α-hetero) is 2. The van der Waals surface area contributed by atoms with E-state index in [1.54, 1.807) is 17.4 Å². The zero-order valence-corrected chi connectivity index (χ0v) is 25.5. The minimum absolute atomic E-state index is 0.0526. The first kappa shape index (κ1) is 30.7. The van der Waals surface area contributed by atoms with Gasteiger partial charge in [-0.3, -0.25) is 9.59 Å². The standard InChI is InChI=1S/C38H35N3O2S/c39-26-28(27-40)24-35-22-23-38(44-35)31-11-8-7-10-29(12-9-13-31)36(42)25-37(43)30-18-20-34(21-19-30)41(32-14-3-1-4-15-32)33-16-5-2-6-17-33/h1-6,14-24,29,31H,7-13,25H2. The van der Waals surface area contributed by atoms with Gasteiger partial charge in [-0.2, -0.15) is 10.5 Å². The lowest BCUT2D eigenvalue weighted by Crippen LogP contribution is -2.18. The van der Waals surface area contributed by atoms with Crippen molar-refractivity contribution in [3.8, 4) is 12.1 Å². The second kappa shape index (κ2) is 15.1. The molecule has 0 spiro atoms. The van der Waals surface area contributed by atoms with Gasteiger partial charge in [0, 0.05) is 38.3 Å². The predicted molar refractivity (Wildman–Crippen MR) is 177 cm³/mol. The fourth-order valence-corrected chi connectivity index (χ4v) is 7.11. The highest BCUT2D eigenvalue weighted by Gasteiger charge is 2.24. The van der Waals surface area contributed by atoms with Crippen molar-refractivity contribution in [3.63, 3.8) is 0 Å². The molecule has 1 aromatic heterocycles. The van der Waals surface area contributed by atoms with Crippen LogP contribution in [-0.2, 0) is 4.79 Å². The van der Waals surface area contributed by atoms with Gasteiger partial charge in [-0.1, -0.05) is 55.7 Å². The van der Waals surface area contributed by atoms with E-state index in [2.05, 4.69) is 35.2 Å². The summed E-state index contributed by atoms with van der Waals surface area (Å²) >= 11 is 1.64. The molecule has 5 rings (SSSR count). The number of rotatable bonds is 9. The lowest BCUT2D eigenvalue weighted by atomic mass is 9.89. The van der Waals surface area contributed by atoms with Crippen molar-refractivity contribution in [3.05, 3.63) is 118 Å². The number of thiophene rings is 1. The van der Waals surface area contributed by atoms with Gasteiger partial charge < -0.3 is 4.90 Å². The molecule has 1 fully saturated rings. The van der Waals surface area contributed by atoms with E-state index in [9.17, 15) is 9.59 Å². The molecule has 1 aliphatic rings. The first-order chi connectivity index (χ1) is 21.6. The molecule has 1 aliphatic carbocycles. The minimum Gasteiger partial charge on any atom is -0.311 e. The van der Waals surface area contributed by atoms with E-state index < -0.39 is 0 Å². The Morgan fingerprint density at radius 1 is 0.727 bits per heavy atom. The lowest BCUT2D eigenvalue weighted by Gasteiger charge is -2.25. The summed E-state index contributed by atoms with van der Waals surface area (Å²) in [6.07, 6.45) is 8.20. The number of ketones is 2. The van der Waals surface area contributed by atoms with Crippen LogP contribution in [0, 0.1) is 28.6 Å². The van der Waals surface area contributed by atoms with Gasteiger partial charge in [0.25, 0.3) is 0 Å². The molecule has 5 nitrogen and oxygen atoms in total. The maximum Gasteiger partial charge on any atom is 0.170 e. The SMILES string of the molecule is N#CC(C#N)=Cc1ccc(C2CCCCC(C(=O)CC(=O)c3ccc(N(c4ccccc4)c4ccccc4)cc3)CCC2)s1. The summed E-state index contributed by atoms with van der Waals surface area (Å²) in [5, 5.41) is 18.1. The van der Waals surface area contributed by atoms with E-state index >= 15 is 0 Å². The number of carbonyl (C=O) groups excluding carboxylic acids is 2. The van der Waals surface area contributed by atoms with E-state index in [1.807, 2.05) is 78.9 Å². The van der Waals surface area contributed by atoms with E-state index in [0.717, 1.165) is 66.9 Å². The molecule has 4 aromatic rings. The Morgan fingerprint density at radius 3 is 1.93 bits per heavy atom. The average molecular weight is 598 g/mol. The van der Waals surface area contributed by atoms with E-state index in [-0.39, 0.29) is 29.5 Å². The second-order valence-electron chi connectivity index (χ2n) is 11.3. The number of allylic oxidation sites excluding steroid dienone is 1. The van der Waals surface area contributed by atoms with Crippen LogP contribution in [0.5, 0.6) is 0 Å². The highest BCUT2D eigenvalue weighted by molar-refractivity contribution is 7.13. The monoisotopic (exact) mass is 597 g/mol. The number of nitrogens with zero attached hydrogens (tertiary/aromatic N) is 3. The van der Waals surface area contributed by atoms with E-state index in [0.29, 0.717) is 11.5 Å². The Kier molecular flexibility index (Phi) is 10.5. The van der Waals surface area contributed by atoms with Crippen molar-refractivity contribution in [2.75, 3.05) is 4.90 Å². The first-order valence-corrected chi connectivity index (χ1v) is 16.0. The molecule has 0 radical (unpaired) electrons. The van der Waals surface area contributed by atoms with Crippen LogP contribution in [0.3, 0.4) is 0 Å². The summed E-state index contributed by atoms with van der Waals surface area (Å²) in [5.41, 5.74) is 3.67. The van der Waals surface area contributed by atoms with Crippen LogP contribution >= 0.6 is 11.3 Å². The Hall–Kier alpha value is -4.78. The largest absolute Gasteiger partial charge is 0.311 e. The maximum atomic E-state index is 13.3. The Labute approximate surface area is 263 Å². The predicted octanol–water partition coefficient (Wildman–Crippen LogP) is 9.93. The van der Waals surface area contributed by atoms with E-state index in [4.69, 9.17) is 10.5 Å². The number of para-hydroxylation sites is 2. The van der Waals surface area contributed by atoms with Crippen molar-refractivity contribution in [2.45, 2.75) is 57.3 Å². The molecule has 0 bridgehead atoms. The number of hydrogen-bond acceptors (Lipinski definition) is 6. The van der Waals surface area contributed by atoms with Crippen LogP contribution in [0.2, 0.25) is 0 Å². The normalized spacial score (nSPS) is 16.7. The first-order valence-electron chi connectivity index (χ1n) is 15.2. The maximum absolute atomic E-state index is 13.3. The van der Waals surface area contributed by atoms with Gasteiger partial charge in [-0.15, -0.1) is 11.3 Å². The molecule has 2 atom stereocenters. The molecule has 0 N–H and O–H groups in total. The summed E-state index contributed by atoms with van der Waals surface area (Å²) in [6, 6.07) is 35.7. The highest BCUT2D eigenvalue weighted by atomic mass is 32.1.